The normalized spacial score (nSPS) is 34.5. The van der Waals surface area contributed by atoms with Crippen LogP contribution in [0.15, 0.2) is 12.4 Å². The molecule has 0 saturated carbocycles. The fraction of sp³-hybridized carbons (Fsp3) is 0.765. The second-order valence-corrected chi connectivity index (χ2v) is 7.38. The molecule has 3 fully saturated rings. The van der Waals surface area contributed by atoms with E-state index in [2.05, 4.69) is 23.7 Å². The predicted molar refractivity (Wildman–Crippen MR) is 82.5 cm³/mol. The molecule has 1 unspecified atom stereocenters. The molecule has 0 aromatic carbocycles. The van der Waals surface area contributed by atoms with E-state index in [0.717, 1.165) is 18.9 Å². The molecule has 5 nitrogen and oxygen atoms in total. The number of carbonyl (C=O) groups excluding carboxylic acids is 1. The summed E-state index contributed by atoms with van der Waals surface area (Å²) < 4.78 is 8.03. The molecule has 0 radical (unpaired) electrons. The van der Waals surface area contributed by atoms with Gasteiger partial charge in [0.2, 0.25) is 5.91 Å². The molecular formula is C17H25N3O2. The van der Waals surface area contributed by atoms with Crippen molar-refractivity contribution < 1.29 is 9.53 Å². The molecule has 2 bridgehead atoms. The maximum Gasteiger partial charge on any atom is 0.245 e. The van der Waals surface area contributed by atoms with Crippen LogP contribution in [0.25, 0.3) is 0 Å². The first kappa shape index (κ1) is 14.2. The monoisotopic (exact) mass is 303 g/mol. The van der Waals surface area contributed by atoms with Crippen molar-refractivity contribution in [2.75, 3.05) is 13.1 Å². The first-order valence-electron chi connectivity index (χ1n) is 8.53. The minimum atomic E-state index is -0.169. The van der Waals surface area contributed by atoms with Crippen molar-refractivity contribution >= 4 is 5.91 Å². The van der Waals surface area contributed by atoms with Crippen molar-refractivity contribution in [1.29, 1.82) is 0 Å². The summed E-state index contributed by atoms with van der Waals surface area (Å²) in [6, 6.07) is -0.169. The van der Waals surface area contributed by atoms with Crippen molar-refractivity contribution in [1.82, 2.24) is 14.5 Å². The van der Waals surface area contributed by atoms with Crippen LogP contribution in [0.3, 0.4) is 0 Å². The van der Waals surface area contributed by atoms with Gasteiger partial charge in [-0.25, -0.2) is 4.98 Å². The van der Waals surface area contributed by atoms with Crippen LogP contribution < -0.4 is 0 Å². The van der Waals surface area contributed by atoms with Crippen LogP contribution in [0.1, 0.15) is 51.4 Å². The number of rotatable bonds is 3. The third-order valence-electron chi connectivity index (χ3n) is 5.75. The zero-order chi connectivity index (χ0) is 15.4. The summed E-state index contributed by atoms with van der Waals surface area (Å²) in [4.78, 5) is 19.4. The molecule has 0 spiro atoms. The summed E-state index contributed by atoms with van der Waals surface area (Å²) in [6.45, 7) is 7.98. The zero-order valence-electron chi connectivity index (χ0n) is 13.6. The molecule has 4 rings (SSSR count). The van der Waals surface area contributed by atoms with Gasteiger partial charge in [0.15, 0.2) is 0 Å². The first-order chi connectivity index (χ1) is 10.6. The highest BCUT2D eigenvalue weighted by atomic mass is 16.5. The molecule has 120 valence electrons. The molecule has 0 N–H and O–H groups in total. The number of imidazole rings is 1. The molecule has 3 saturated heterocycles. The summed E-state index contributed by atoms with van der Waals surface area (Å²) >= 11 is 0. The minimum absolute atomic E-state index is 0.169. The summed E-state index contributed by atoms with van der Waals surface area (Å²) in [5.74, 6) is 2.69. The highest BCUT2D eigenvalue weighted by Gasteiger charge is 2.54. The van der Waals surface area contributed by atoms with Crippen molar-refractivity contribution in [3.8, 4) is 0 Å². The lowest BCUT2D eigenvalue weighted by Crippen LogP contribution is -2.36. The third kappa shape index (κ3) is 2.02. The largest absolute Gasteiger partial charge is 0.374 e. The molecule has 5 heteroatoms. The van der Waals surface area contributed by atoms with Gasteiger partial charge in [-0.2, -0.15) is 0 Å². The van der Waals surface area contributed by atoms with E-state index in [-0.39, 0.29) is 11.9 Å². The zero-order valence-corrected chi connectivity index (χ0v) is 13.6. The predicted octanol–water partition coefficient (Wildman–Crippen LogP) is 2.20. The van der Waals surface area contributed by atoms with E-state index in [4.69, 9.17) is 4.74 Å². The number of nitrogens with zero attached hydrogens (tertiary/aromatic N) is 3. The molecule has 3 aliphatic heterocycles. The molecule has 5 atom stereocenters. The van der Waals surface area contributed by atoms with Crippen LogP contribution in [0.4, 0.5) is 0 Å². The molecule has 0 aliphatic carbocycles. The van der Waals surface area contributed by atoms with Crippen LogP contribution in [-0.4, -0.2) is 45.7 Å². The molecule has 22 heavy (non-hydrogen) atoms. The second kappa shape index (κ2) is 5.08. The SMILES string of the molecule is CC(C)c1nccn1C(C)C(=O)N1C[C@@H]2[C@H](C1)[C@H]1CC[C@@H]2O1. The Balaban J connectivity index is 1.49. The highest BCUT2D eigenvalue weighted by molar-refractivity contribution is 5.80. The van der Waals surface area contributed by atoms with Crippen LogP contribution in [0.2, 0.25) is 0 Å². The average molecular weight is 303 g/mol. The van der Waals surface area contributed by atoms with Crippen LogP contribution in [0, 0.1) is 11.8 Å². The van der Waals surface area contributed by atoms with E-state index in [9.17, 15) is 4.79 Å². The van der Waals surface area contributed by atoms with Crippen molar-refractivity contribution in [2.24, 2.45) is 11.8 Å². The number of likely N-dealkylation sites (tertiary alicyclic amines) is 1. The highest BCUT2D eigenvalue weighted by Crippen LogP contribution is 2.47. The van der Waals surface area contributed by atoms with Crippen molar-refractivity contribution in [3.05, 3.63) is 18.2 Å². The van der Waals surface area contributed by atoms with E-state index in [0.29, 0.717) is 30.0 Å². The number of hydrogen-bond donors (Lipinski definition) is 0. The third-order valence-corrected chi connectivity index (χ3v) is 5.75. The topological polar surface area (TPSA) is 47.4 Å². The Morgan fingerprint density at radius 1 is 1.23 bits per heavy atom. The molecule has 1 aromatic rings. The number of carbonyl (C=O) groups is 1. The summed E-state index contributed by atoms with van der Waals surface area (Å²) in [6.07, 6.45) is 6.91. The van der Waals surface area contributed by atoms with E-state index in [1.165, 1.54) is 12.8 Å². The molecule has 1 aromatic heterocycles. The molecule has 3 aliphatic rings. The fourth-order valence-corrected chi connectivity index (χ4v) is 4.62. The number of hydrogen-bond acceptors (Lipinski definition) is 3. The van der Waals surface area contributed by atoms with Gasteiger partial charge in [-0.15, -0.1) is 0 Å². The van der Waals surface area contributed by atoms with Gasteiger partial charge in [0.25, 0.3) is 0 Å². The van der Waals surface area contributed by atoms with Gasteiger partial charge >= 0.3 is 0 Å². The van der Waals surface area contributed by atoms with E-state index in [1.807, 2.05) is 17.7 Å². The van der Waals surface area contributed by atoms with E-state index >= 15 is 0 Å². The Kier molecular flexibility index (Phi) is 3.29. The van der Waals surface area contributed by atoms with Crippen molar-refractivity contribution in [3.63, 3.8) is 0 Å². The van der Waals surface area contributed by atoms with Crippen LogP contribution in [0.5, 0.6) is 0 Å². The second-order valence-electron chi connectivity index (χ2n) is 7.38. The van der Waals surface area contributed by atoms with Crippen LogP contribution in [-0.2, 0) is 9.53 Å². The number of fused-ring (bicyclic) bond motifs is 5. The number of ether oxygens (including phenoxy) is 1. The average Bonchev–Trinajstić information content (AvgIpc) is 3.25. The van der Waals surface area contributed by atoms with Gasteiger partial charge < -0.3 is 14.2 Å². The maximum atomic E-state index is 12.9. The van der Waals surface area contributed by atoms with Gasteiger partial charge in [-0.05, 0) is 19.8 Å². The Morgan fingerprint density at radius 2 is 1.86 bits per heavy atom. The molecule has 1 amide bonds. The van der Waals surface area contributed by atoms with Gasteiger partial charge in [-0.3, -0.25) is 4.79 Å². The maximum absolute atomic E-state index is 12.9. The Bertz CT molecular complexity index is 564. The molecule has 4 heterocycles. The standard InChI is InChI=1S/C17H25N3O2/c1-10(2)16-18-6-7-20(16)11(3)17(21)19-8-12-13(9-19)15-5-4-14(12)22-15/h6-7,10-15H,4-5,8-9H2,1-3H3/t11?,12-,13+,14+,15-. The van der Waals surface area contributed by atoms with Gasteiger partial charge in [0.1, 0.15) is 11.9 Å². The summed E-state index contributed by atoms with van der Waals surface area (Å²) in [7, 11) is 0. The molecular weight excluding hydrogens is 278 g/mol. The number of amides is 1. The van der Waals surface area contributed by atoms with Gasteiger partial charge in [0, 0.05) is 43.2 Å². The van der Waals surface area contributed by atoms with Gasteiger partial charge in [-0.1, -0.05) is 13.8 Å². The summed E-state index contributed by atoms with van der Waals surface area (Å²) in [5, 5.41) is 0. The Labute approximate surface area is 131 Å². The first-order valence-corrected chi connectivity index (χ1v) is 8.53. The van der Waals surface area contributed by atoms with Gasteiger partial charge in [0.05, 0.1) is 12.2 Å². The van der Waals surface area contributed by atoms with Crippen LogP contribution >= 0.6 is 0 Å². The van der Waals surface area contributed by atoms with E-state index in [1.54, 1.807) is 6.20 Å². The Morgan fingerprint density at radius 3 is 2.45 bits per heavy atom. The fourth-order valence-electron chi connectivity index (χ4n) is 4.62. The quantitative estimate of drug-likeness (QED) is 0.860. The summed E-state index contributed by atoms with van der Waals surface area (Å²) in [5.41, 5.74) is 0. The number of aromatic nitrogens is 2. The smallest absolute Gasteiger partial charge is 0.245 e. The lowest BCUT2D eigenvalue weighted by Gasteiger charge is -2.25. The lowest BCUT2D eigenvalue weighted by atomic mass is 9.82. The van der Waals surface area contributed by atoms with E-state index < -0.39 is 0 Å². The lowest BCUT2D eigenvalue weighted by molar-refractivity contribution is -0.134. The van der Waals surface area contributed by atoms with Crippen molar-refractivity contribution in [2.45, 2.75) is 57.8 Å². The Hall–Kier alpha value is -1.36. The minimum Gasteiger partial charge on any atom is -0.374 e.